The van der Waals surface area contributed by atoms with Crippen molar-refractivity contribution in [3.05, 3.63) is 30.1 Å². The molecule has 0 saturated carbocycles. The standard InChI is InChI=1S/C8H12N2/c1-7(2)6-8-4-5-10(3)9-8/h4-5H,1,6H2,2-3H3. The fourth-order valence-corrected chi connectivity index (χ4v) is 0.867. The lowest BCUT2D eigenvalue weighted by molar-refractivity contribution is 0.748. The maximum Gasteiger partial charge on any atom is 0.0664 e. The maximum absolute atomic E-state index is 4.21. The van der Waals surface area contributed by atoms with Crippen molar-refractivity contribution in [3.63, 3.8) is 0 Å². The third kappa shape index (κ3) is 1.72. The third-order valence-corrected chi connectivity index (χ3v) is 1.25. The van der Waals surface area contributed by atoms with Gasteiger partial charge in [-0.15, -0.1) is 0 Å². The lowest BCUT2D eigenvalue weighted by atomic mass is 10.2. The Morgan fingerprint density at radius 1 is 1.80 bits per heavy atom. The molecule has 0 amide bonds. The molecular weight excluding hydrogens is 124 g/mol. The zero-order valence-electron chi connectivity index (χ0n) is 6.46. The minimum atomic E-state index is 0.890. The fraction of sp³-hybridized carbons (Fsp3) is 0.375. The van der Waals surface area contributed by atoms with Gasteiger partial charge in [-0.25, -0.2) is 0 Å². The molecule has 10 heavy (non-hydrogen) atoms. The largest absolute Gasteiger partial charge is 0.276 e. The minimum absolute atomic E-state index is 0.890. The first-order chi connectivity index (χ1) is 4.68. The van der Waals surface area contributed by atoms with Gasteiger partial charge in [-0.2, -0.15) is 5.10 Å². The second-order valence-corrected chi connectivity index (χ2v) is 2.61. The minimum Gasteiger partial charge on any atom is -0.276 e. The summed E-state index contributed by atoms with van der Waals surface area (Å²) >= 11 is 0. The van der Waals surface area contributed by atoms with Crippen molar-refractivity contribution in [2.24, 2.45) is 7.05 Å². The van der Waals surface area contributed by atoms with Crippen LogP contribution in [-0.4, -0.2) is 9.78 Å². The molecule has 1 heterocycles. The van der Waals surface area contributed by atoms with E-state index in [1.54, 1.807) is 4.68 Å². The van der Waals surface area contributed by atoms with Gasteiger partial charge in [0.25, 0.3) is 0 Å². The van der Waals surface area contributed by atoms with E-state index in [1.165, 1.54) is 0 Å². The topological polar surface area (TPSA) is 17.8 Å². The van der Waals surface area contributed by atoms with Gasteiger partial charge in [0.05, 0.1) is 5.69 Å². The highest BCUT2D eigenvalue weighted by molar-refractivity contribution is 5.08. The Bertz CT molecular complexity index is 235. The van der Waals surface area contributed by atoms with Crippen LogP contribution in [0, 0.1) is 0 Å². The van der Waals surface area contributed by atoms with E-state index in [2.05, 4.69) is 11.7 Å². The Morgan fingerprint density at radius 2 is 2.50 bits per heavy atom. The van der Waals surface area contributed by atoms with Crippen molar-refractivity contribution in [3.8, 4) is 0 Å². The number of hydrogen-bond acceptors (Lipinski definition) is 1. The molecule has 1 aromatic rings. The van der Waals surface area contributed by atoms with E-state index < -0.39 is 0 Å². The Labute approximate surface area is 61.2 Å². The van der Waals surface area contributed by atoms with Crippen LogP contribution in [0.15, 0.2) is 24.4 Å². The summed E-state index contributed by atoms with van der Waals surface area (Å²) in [6, 6.07) is 2.01. The summed E-state index contributed by atoms with van der Waals surface area (Å²) in [6.07, 6.45) is 2.83. The molecule has 0 aliphatic rings. The van der Waals surface area contributed by atoms with Crippen LogP contribution in [0.3, 0.4) is 0 Å². The van der Waals surface area contributed by atoms with Gasteiger partial charge in [0, 0.05) is 19.7 Å². The number of allylic oxidation sites excluding steroid dienone is 1. The number of nitrogens with zero attached hydrogens (tertiary/aromatic N) is 2. The smallest absolute Gasteiger partial charge is 0.0664 e. The van der Waals surface area contributed by atoms with Crippen LogP contribution in [0.2, 0.25) is 0 Å². The average molecular weight is 136 g/mol. The van der Waals surface area contributed by atoms with Gasteiger partial charge in [0.15, 0.2) is 0 Å². The molecule has 0 atom stereocenters. The van der Waals surface area contributed by atoms with Gasteiger partial charge in [-0.3, -0.25) is 4.68 Å². The summed E-state index contributed by atoms with van der Waals surface area (Å²) in [5.41, 5.74) is 2.24. The predicted octanol–water partition coefficient (Wildman–Crippen LogP) is 1.54. The van der Waals surface area contributed by atoms with Crippen molar-refractivity contribution in [1.82, 2.24) is 9.78 Å². The summed E-state index contributed by atoms with van der Waals surface area (Å²) in [4.78, 5) is 0. The van der Waals surface area contributed by atoms with Gasteiger partial charge in [0.2, 0.25) is 0 Å². The molecule has 0 unspecified atom stereocenters. The fourth-order valence-electron chi connectivity index (χ4n) is 0.867. The molecule has 0 bridgehead atoms. The summed E-state index contributed by atoms with van der Waals surface area (Å²) in [5.74, 6) is 0. The lowest BCUT2D eigenvalue weighted by Gasteiger charge is -1.91. The molecule has 2 nitrogen and oxygen atoms in total. The van der Waals surface area contributed by atoms with Crippen LogP contribution in [-0.2, 0) is 13.5 Å². The Balaban J connectivity index is 2.67. The molecule has 0 N–H and O–H groups in total. The number of rotatable bonds is 2. The van der Waals surface area contributed by atoms with Crippen LogP contribution in [0.4, 0.5) is 0 Å². The van der Waals surface area contributed by atoms with Crippen molar-refractivity contribution >= 4 is 0 Å². The molecule has 1 aromatic heterocycles. The van der Waals surface area contributed by atoms with Crippen LogP contribution in [0.25, 0.3) is 0 Å². The van der Waals surface area contributed by atoms with Gasteiger partial charge < -0.3 is 0 Å². The van der Waals surface area contributed by atoms with Crippen LogP contribution in [0.5, 0.6) is 0 Å². The Morgan fingerprint density at radius 3 is 2.90 bits per heavy atom. The van der Waals surface area contributed by atoms with E-state index in [0.717, 1.165) is 17.7 Å². The molecule has 54 valence electrons. The van der Waals surface area contributed by atoms with E-state index in [4.69, 9.17) is 0 Å². The summed E-state index contributed by atoms with van der Waals surface area (Å²) < 4.78 is 1.80. The summed E-state index contributed by atoms with van der Waals surface area (Å²) in [7, 11) is 1.92. The summed E-state index contributed by atoms with van der Waals surface area (Å²) in [5, 5.41) is 4.21. The number of aromatic nitrogens is 2. The monoisotopic (exact) mass is 136 g/mol. The molecule has 0 spiro atoms. The molecular formula is C8H12N2. The molecule has 0 fully saturated rings. The number of hydrogen-bond donors (Lipinski definition) is 0. The first-order valence-corrected chi connectivity index (χ1v) is 3.31. The average Bonchev–Trinajstić information content (AvgIpc) is 2.13. The Kier molecular flexibility index (Phi) is 1.90. The van der Waals surface area contributed by atoms with E-state index in [-0.39, 0.29) is 0 Å². The van der Waals surface area contributed by atoms with Gasteiger partial charge in [-0.1, -0.05) is 12.2 Å². The van der Waals surface area contributed by atoms with Crippen molar-refractivity contribution < 1.29 is 0 Å². The first kappa shape index (κ1) is 7.06. The van der Waals surface area contributed by atoms with Crippen LogP contribution < -0.4 is 0 Å². The van der Waals surface area contributed by atoms with Crippen molar-refractivity contribution in [1.29, 1.82) is 0 Å². The van der Waals surface area contributed by atoms with E-state index in [0.29, 0.717) is 0 Å². The zero-order chi connectivity index (χ0) is 7.56. The van der Waals surface area contributed by atoms with E-state index >= 15 is 0 Å². The third-order valence-electron chi connectivity index (χ3n) is 1.25. The predicted molar refractivity (Wildman–Crippen MR) is 41.7 cm³/mol. The molecule has 0 saturated heterocycles. The highest BCUT2D eigenvalue weighted by Crippen LogP contribution is 2.01. The van der Waals surface area contributed by atoms with Crippen molar-refractivity contribution in [2.45, 2.75) is 13.3 Å². The van der Waals surface area contributed by atoms with Crippen LogP contribution in [0.1, 0.15) is 12.6 Å². The molecule has 0 radical (unpaired) electrons. The lowest BCUT2D eigenvalue weighted by Crippen LogP contribution is -1.91. The zero-order valence-corrected chi connectivity index (χ0v) is 6.46. The molecule has 2 heteroatoms. The quantitative estimate of drug-likeness (QED) is 0.564. The second kappa shape index (κ2) is 2.69. The molecule has 0 aliphatic carbocycles. The molecule has 0 aliphatic heterocycles. The highest BCUT2D eigenvalue weighted by Gasteiger charge is 1.94. The normalized spacial score (nSPS) is 9.80. The maximum atomic E-state index is 4.21. The Hall–Kier alpha value is -1.05. The van der Waals surface area contributed by atoms with Crippen LogP contribution >= 0.6 is 0 Å². The summed E-state index contributed by atoms with van der Waals surface area (Å²) in [6.45, 7) is 5.82. The second-order valence-electron chi connectivity index (χ2n) is 2.61. The highest BCUT2D eigenvalue weighted by atomic mass is 15.2. The van der Waals surface area contributed by atoms with Gasteiger partial charge >= 0.3 is 0 Å². The van der Waals surface area contributed by atoms with Gasteiger partial charge in [-0.05, 0) is 13.0 Å². The molecule has 1 rings (SSSR count). The van der Waals surface area contributed by atoms with Crippen molar-refractivity contribution in [2.75, 3.05) is 0 Å². The first-order valence-electron chi connectivity index (χ1n) is 3.31. The van der Waals surface area contributed by atoms with E-state index in [1.807, 2.05) is 26.2 Å². The molecule has 0 aromatic carbocycles. The van der Waals surface area contributed by atoms with Gasteiger partial charge in [0.1, 0.15) is 0 Å². The van der Waals surface area contributed by atoms with E-state index in [9.17, 15) is 0 Å². The SMILES string of the molecule is C=C(C)Cc1ccn(C)n1. The number of aryl methyl sites for hydroxylation is 1.